The fraction of sp³-hybridized carbons (Fsp3) is 0.458. The quantitative estimate of drug-likeness (QED) is 0.639. The van der Waals surface area contributed by atoms with E-state index in [-0.39, 0.29) is 11.4 Å². The summed E-state index contributed by atoms with van der Waals surface area (Å²) in [7, 11) is 1.58. The normalized spacial score (nSPS) is 19.7. The minimum Gasteiger partial charge on any atom is -0.503 e. The van der Waals surface area contributed by atoms with Crippen LogP contribution in [0.5, 0.6) is 5.75 Å². The Morgan fingerprint density at radius 2 is 1.97 bits per heavy atom. The van der Waals surface area contributed by atoms with Crippen molar-refractivity contribution in [3.63, 3.8) is 0 Å². The molecule has 2 aliphatic rings. The van der Waals surface area contributed by atoms with Crippen LogP contribution in [-0.2, 0) is 4.79 Å². The van der Waals surface area contributed by atoms with E-state index in [9.17, 15) is 14.7 Å². The molecular weight excluding hydrogens is 426 g/mol. The van der Waals surface area contributed by atoms with Crippen LogP contribution in [0.4, 0.5) is 0 Å². The van der Waals surface area contributed by atoms with Gasteiger partial charge in [0, 0.05) is 13.1 Å². The molecule has 8 heteroatoms. The molecule has 1 aromatic heterocycles. The van der Waals surface area contributed by atoms with Gasteiger partial charge in [0.15, 0.2) is 5.76 Å². The van der Waals surface area contributed by atoms with Crippen molar-refractivity contribution in [2.45, 2.75) is 39.2 Å². The maximum absolute atomic E-state index is 13.6. The molecule has 1 fully saturated rings. The minimum absolute atomic E-state index is 0.119. The van der Waals surface area contributed by atoms with Crippen LogP contribution in [0, 0.1) is 13.8 Å². The fourth-order valence-corrected chi connectivity index (χ4v) is 5.44. The minimum atomic E-state index is -0.670. The van der Waals surface area contributed by atoms with Gasteiger partial charge in [-0.15, -0.1) is 11.3 Å². The molecule has 32 heavy (non-hydrogen) atoms. The molecule has 7 nitrogen and oxygen atoms in total. The third-order valence-corrected chi connectivity index (χ3v) is 7.25. The van der Waals surface area contributed by atoms with E-state index in [2.05, 4.69) is 9.88 Å². The van der Waals surface area contributed by atoms with Crippen LogP contribution in [0.25, 0.3) is 0 Å². The zero-order chi connectivity index (χ0) is 22.8. The predicted molar refractivity (Wildman–Crippen MR) is 123 cm³/mol. The first-order chi connectivity index (χ1) is 15.4. The van der Waals surface area contributed by atoms with Crippen LogP contribution in [0.1, 0.15) is 51.2 Å². The number of ether oxygens (including phenoxy) is 1. The second-order valence-electron chi connectivity index (χ2n) is 8.32. The maximum atomic E-state index is 13.6. The first kappa shape index (κ1) is 22.5. The molecule has 1 amide bonds. The first-order valence-electron chi connectivity index (χ1n) is 11.0. The van der Waals surface area contributed by atoms with Gasteiger partial charge >= 0.3 is 0 Å². The number of thiazole rings is 1. The average molecular weight is 456 g/mol. The zero-order valence-corrected chi connectivity index (χ0v) is 19.6. The lowest BCUT2D eigenvalue weighted by atomic mass is 9.95. The molecule has 4 rings (SSSR count). The van der Waals surface area contributed by atoms with Gasteiger partial charge in [-0.2, -0.15) is 0 Å². The van der Waals surface area contributed by atoms with Crippen molar-refractivity contribution in [1.29, 1.82) is 0 Å². The summed E-state index contributed by atoms with van der Waals surface area (Å²) in [6.45, 7) is 6.78. The lowest BCUT2D eigenvalue weighted by molar-refractivity contribution is -0.129. The molecule has 170 valence electrons. The number of ketones is 1. The molecule has 2 aliphatic heterocycles. The number of hydrogen-bond acceptors (Lipinski definition) is 7. The average Bonchev–Trinajstić information content (AvgIpc) is 3.27. The summed E-state index contributed by atoms with van der Waals surface area (Å²) in [6, 6.07) is 6.67. The summed E-state index contributed by atoms with van der Waals surface area (Å²) in [5, 5.41) is 11.6. The van der Waals surface area contributed by atoms with E-state index in [0.717, 1.165) is 36.5 Å². The molecule has 2 aromatic rings. The van der Waals surface area contributed by atoms with Crippen molar-refractivity contribution in [3.05, 3.63) is 56.7 Å². The molecule has 1 N–H and O–H groups in total. The number of carbonyl (C=O) groups excluding carboxylic acids is 2. The second kappa shape index (κ2) is 9.42. The lowest BCUT2D eigenvalue weighted by Gasteiger charge is -2.31. The van der Waals surface area contributed by atoms with Gasteiger partial charge in [-0.25, -0.2) is 4.98 Å². The molecular formula is C24H29N3O4S. The van der Waals surface area contributed by atoms with E-state index in [0.29, 0.717) is 29.4 Å². The van der Waals surface area contributed by atoms with E-state index in [4.69, 9.17) is 4.74 Å². The Hall–Kier alpha value is -2.71. The molecule has 0 aliphatic carbocycles. The number of methoxy groups -OCH3 is 1. The number of nitrogens with zero attached hydrogens (tertiary/aromatic N) is 3. The van der Waals surface area contributed by atoms with E-state index < -0.39 is 17.7 Å². The molecule has 0 radical (unpaired) electrons. The van der Waals surface area contributed by atoms with Crippen LogP contribution >= 0.6 is 11.3 Å². The molecule has 3 heterocycles. The molecule has 0 bridgehead atoms. The Morgan fingerprint density at radius 3 is 2.62 bits per heavy atom. The van der Waals surface area contributed by atoms with Gasteiger partial charge in [0.2, 0.25) is 5.78 Å². The lowest BCUT2D eigenvalue weighted by Crippen LogP contribution is -2.40. The third-order valence-electron chi connectivity index (χ3n) is 6.17. The van der Waals surface area contributed by atoms with Gasteiger partial charge in [0.05, 0.1) is 34.3 Å². The van der Waals surface area contributed by atoms with Gasteiger partial charge in [0.1, 0.15) is 5.75 Å². The predicted octanol–water partition coefficient (Wildman–Crippen LogP) is 3.83. The van der Waals surface area contributed by atoms with Gasteiger partial charge in [-0.05, 0) is 57.5 Å². The molecule has 1 unspecified atom stereocenters. The molecule has 1 aromatic carbocycles. The number of rotatable bonds is 7. The van der Waals surface area contributed by atoms with Gasteiger partial charge < -0.3 is 19.6 Å². The number of carbonyl (C=O) groups is 2. The summed E-state index contributed by atoms with van der Waals surface area (Å²) in [5.74, 6) is -0.676. The van der Waals surface area contributed by atoms with Crippen LogP contribution in [0.15, 0.2) is 35.6 Å². The molecule has 0 saturated carbocycles. The number of aryl methyl sites for hydroxylation is 2. The number of aliphatic hydroxyl groups excluding tert-OH is 1. The number of aliphatic hydroxyl groups is 1. The van der Waals surface area contributed by atoms with Crippen molar-refractivity contribution >= 4 is 23.0 Å². The maximum Gasteiger partial charge on any atom is 0.290 e. The summed E-state index contributed by atoms with van der Waals surface area (Å²) in [4.78, 5) is 35.5. The summed E-state index contributed by atoms with van der Waals surface area (Å²) >= 11 is 1.29. The van der Waals surface area contributed by atoms with Gasteiger partial charge in [-0.1, -0.05) is 18.6 Å². The number of aromatic nitrogens is 1. The first-order valence-corrected chi connectivity index (χ1v) is 11.8. The van der Waals surface area contributed by atoms with Crippen LogP contribution in [0.3, 0.4) is 0 Å². The van der Waals surface area contributed by atoms with Crippen molar-refractivity contribution < 1.29 is 19.4 Å². The number of piperidine rings is 1. The Balaban J connectivity index is 1.71. The Kier molecular flexibility index (Phi) is 6.62. The summed E-state index contributed by atoms with van der Waals surface area (Å²) < 4.78 is 5.38. The number of amides is 1. The van der Waals surface area contributed by atoms with Crippen molar-refractivity contribution in [2.75, 3.05) is 33.3 Å². The van der Waals surface area contributed by atoms with Crippen molar-refractivity contribution in [2.24, 2.45) is 0 Å². The Labute approximate surface area is 192 Å². The van der Waals surface area contributed by atoms with Gasteiger partial charge in [-0.3, -0.25) is 9.59 Å². The standard InChI is InChI=1S/C24H29N3O4S/c1-15-23(32-16(2)25-15)21(28)19-20(17-8-7-9-18(14-17)31-3)27(24(30)22(19)29)13-12-26-10-5-4-6-11-26/h7-9,14,20,29H,4-6,10-13H2,1-3H3. The highest BCUT2D eigenvalue weighted by molar-refractivity contribution is 7.14. The molecule has 1 saturated heterocycles. The third kappa shape index (κ3) is 4.29. The highest BCUT2D eigenvalue weighted by Gasteiger charge is 2.44. The number of Topliss-reactive ketones (excluding diaryl/α,β-unsaturated/α-hetero) is 1. The Morgan fingerprint density at radius 1 is 1.22 bits per heavy atom. The van der Waals surface area contributed by atoms with Crippen LogP contribution < -0.4 is 4.74 Å². The second-order valence-corrected chi connectivity index (χ2v) is 9.52. The largest absolute Gasteiger partial charge is 0.503 e. The van der Waals surface area contributed by atoms with Crippen LogP contribution in [-0.4, -0.2) is 64.9 Å². The van der Waals surface area contributed by atoms with Crippen molar-refractivity contribution in [1.82, 2.24) is 14.8 Å². The summed E-state index contributed by atoms with van der Waals surface area (Å²) in [5.41, 5.74) is 1.47. The van der Waals surface area contributed by atoms with Crippen molar-refractivity contribution in [3.8, 4) is 5.75 Å². The zero-order valence-electron chi connectivity index (χ0n) is 18.8. The summed E-state index contributed by atoms with van der Waals surface area (Å²) in [6.07, 6.45) is 3.55. The van der Waals surface area contributed by atoms with Gasteiger partial charge in [0.25, 0.3) is 5.91 Å². The van der Waals surface area contributed by atoms with E-state index in [1.165, 1.54) is 17.8 Å². The number of benzene rings is 1. The SMILES string of the molecule is COc1cccc(C2C(C(=O)c3sc(C)nc3C)=C(O)C(=O)N2CCN2CCCCC2)c1. The fourth-order valence-electron chi connectivity index (χ4n) is 4.57. The monoisotopic (exact) mass is 455 g/mol. The smallest absolute Gasteiger partial charge is 0.290 e. The van der Waals surface area contributed by atoms with E-state index >= 15 is 0 Å². The molecule has 0 spiro atoms. The highest BCUT2D eigenvalue weighted by atomic mass is 32.1. The number of hydrogen-bond donors (Lipinski definition) is 1. The van der Waals surface area contributed by atoms with E-state index in [1.807, 2.05) is 31.2 Å². The molecule has 1 atom stereocenters. The number of likely N-dealkylation sites (tertiary alicyclic amines) is 1. The van der Waals surface area contributed by atoms with E-state index in [1.54, 1.807) is 18.9 Å². The van der Waals surface area contributed by atoms with Crippen LogP contribution in [0.2, 0.25) is 0 Å². The topological polar surface area (TPSA) is 83.0 Å². The highest BCUT2D eigenvalue weighted by Crippen LogP contribution is 2.40. The Bertz CT molecular complexity index is 1060.